The molecule has 0 aromatic carbocycles. The maximum Gasteiger partial charge on any atom is 0.163 e. The molecule has 0 aliphatic heterocycles. The van der Waals surface area contributed by atoms with E-state index in [1.54, 1.807) is 0 Å². The summed E-state index contributed by atoms with van der Waals surface area (Å²) in [6.45, 7) is 0. The minimum absolute atomic E-state index is 0.160. The van der Waals surface area contributed by atoms with Gasteiger partial charge in [-0.2, -0.15) is 0 Å². The molecule has 4 aliphatic rings. The molecule has 2 unspecified atom stereocenters. The Hall–Kier alpha value is -0.790. The SMILES string of the molecule is O=C1C=C(O)C2C3CCC(CC3)C12. The maximum atomic E-state index is 11.6. The van der Waals surface area contributed by atoms with E-state index in [1.807, 2.05) is 0 Å². The Morgan fingerprint density at radius 3 is 2.15 bits per heavy atom. The summed E-state index contributed by atoms with van der Waals surface area (Å²) in [7, 11) is 0. The fourth-order valence-electron chi connectivity index (χ4n) is 3.62. The van der Waals surface area contributed by atoms with Crippen molar-refractivity contribution in [3.63, 3.8) is 0 Å². The number of aliphatic hydroxyl groups excluding tert-OH is 1. The predicted octanol–water partition coefficient (Wildman–Crippen LogP) is 2.06. The summed E-state index contributed by atoms with van der Waals surface area (Å²) in [5.41, 5.74) is 0. The first kappa shape index (κ1) is 7.60. The van der Waals surface area contributed by atoms with Crippen molar-refractivity contribution in [1.29, 1.82) is 0 Å². The third-order valence-electron chi connectivity index (χ3n) is 4.18. The lowest BCUT2D eigenvalue weighted by molar-refractivity contribution is -0.124. The molecule has 0 saturated heterocycles. The molecule has 2 heteroatoms. The third kappa shape index (κ3) is 0.862. The van der Waals surface area contributed by atoms with Crippen molar-refractivity contribution in [2.45, 2.75) is 25.7 Å². The van der Waals surface area contributed by atoms with E-state index < -0.39 is 0 Å². The summed E-state index contributed by atoms with van der Waals surface area (Å²) in [6.07, 6.45) is 6.33. The zero-order valence-electron chi connectivity index (χ0n) is 7.57. The van der Waals surface area contributed by atoms with Crippen LogP contribution in [0.2, 0.25) is 0 Å². The van der Waals surface area contributed by atoms with Gasteiger partial charge in [0.25, 0.3) is 0 Å². The Morgan fingerprint density at radius 2 is 1.62 bits per heavy atom. The molecular formula is C11H14O2. The van der Waals surface area contributed by atoms with Gasteiger partial charge in [0, 0.05) is 17.9 Å². The van der Waals surface area contributed by atoms with Gasteiger partial charge in [-0.15, -0.1) is 0 Å². The highest BCUT2D eigenvalue weighted by Crippen LogP contribution is 2.53. The number of ketones is 1. The Morgan fingerprint density at radius 1 is 1.08 bits per heavy atom. The molecule has 4 aliphatic carbocycles. The molecule has 2 bridgehead atoms. The lowest BCUT2D eigenvalue weighted by atomic mass is 9.59. The molecule has 0 aromatic heterocycles. The third-order valence-corrected chi connectivity index (χ3v) is 4.18. The van der Waals surface area contributed by atoms with Crippen LogP contribution < -0.4 is 0 Å². The Bertz CT molecular complexity index is 284. The van der Waals surface area contributed by atoms with Crippen LogP contribution in [0, 0.1) is 23.7 Å². The van der Waals surface area contributed by atoms with Crippen LogP contribution in [0.3, 0.4) is 0 Å². The molecule has 70 valence electrons. The van der Waals surface area contributed by atoms with E-state index in [9.17, 15) is 9.90 Å². The van der Waals surface area contributed by atoms with E-state index in [-0.39, 0.29) is 17.6 Å². The standard InChI is InChI=1S/C11H14O2/c12-8-5-9(13)11-7-2-1-6(3-4-7)10(8)11/h5-7,10-12H,1-4H2. The van der Waals surface area contributed by atoms with Gasteiger partial charge in [-0.3, -0.25) is 4.79 Å². The minimum atomic E-state index is 0.160. The van der Waals surface area contributed by atoms with Gasteiger partial charge in [0.15, 0.2) is 5.78 Å². The summed E-state index contributed by atoms with van der Waals surface area (Å²) in [5.74, 6) is 2.11. The van der Waals surface area contributed by atoms with Crippen molar-refractivity contribution in [2.24, 2.45) is 23.7 Å². The Labute approximate surface area is 77.6 Å². The molecule has 0 radical (unpaired) electrons. The number of fused-ring (bicyclic) bond motifs is 2. The molecule has 3 saturated carbocycles. The second kappa shape index (κ2) is 2.37. The summed E-state index contributed by atoms with van der Waals surface area (Å²) < 4.78 is 0. The second-order valence-corrected chi connectivity index (χ2v) is 4.70. The van der Waals surface area contributed by atoms with Crippen molar-refractivity contribution >= 4 is 5.78 Å². The van der Waals surface area contributed by atoms with Gasteiger partial charge in [0.1, 0.15) is 0 Å². The van der Waals surface area contributed by atoms with Crippen molar-refractivity contribution in [3.05, 3.63) is 11.8 Å². The molecule has 1 N–H and O–H groups in total. The van der Waals surface area contributed by atoms with Crippen LogP contribution in [-0.4, -0.2) is 10.9 Å². The number of carbonyl (C=O) groups excluding carboxylic acids is 1. The van der Waals surface area contributed by atoms with Crippen LogP contribution in [0.1, 0.15) is 25.7 Å². The molecule has 0 spiro atoms. The zero-order valence-corrected chi connectivity index (χ0v) is 7.57. The number of allylic oxidation sites excluding steroid dienone is 2. The first-order valence-electron chi connectivity index (χ1n) is 5.22. The van der Waals surface area contributed by atoms with E-state index in [2.05, 4.69) is 0 Å². The molecule has 0 heterocycles. The lowest BCUT2D eigenvalue weighted by Crippen LogP contribution is -2.41. The summed E-state index contributed by atoms with van der Waals surface area (Å²) >= 11 is 0. The van der Waals surface area contributed by atoms with Gasteiger partial charge >= 0.3 is 0 Å². The molecule has 2 nitrogen and oxygen atoms in total. The van der Waals surface area contributed by atoms with Gasteiger partial charge in [0.05, 0.1) is 5.76 Å². The van der Waals surface area contributed by atoms with Gasteiger partial charge in [-0.1, -0.05) is 0 Å². The molecule has 3 fully saturated rings. The number of carbonyl (C=O) groups is 1. The van der Waals surface area contributed by atoms with Crippen LogP contribution in [0.4, 0.5) is 0 Å². The summed E-state index contributed by atoms with van der Waals surface area (Å²) in [5, 5.41) is 9.66. The van der Waals surface area contributed by atoms with Crippen LogP contribution >= 0.6 is 0 Å². The van der Waals surface area contributed by atoms with Crippen LogP contribution in [0.5, 0.6) is 0 Å². The predicted molar refractivity (Wildman–Crippen MR) is 48.1 cm³/mol. The summed E-state index contributed by atoms with van der Waals surface area (Å²) in [6, 6.07) is 0. The Kier molecular flexibility index (Phi) is 1.38. The first-order chi connectivity index (χ1) is 6.27. The fraction of sp³-hybridized carbons (Fsp3) is 0.727. The zero-order chi connectivity index (χ0) is 9.00. The van der Waals surface area contributed by atoms with Crippen molar-refractivity contribution in [2.75, 3.05) is 0 Å². The van der Waals surface area contributed by atoms with E-state index in [1.165, 1.54) is 31.8 Å². The normalized spacial score (nSPS) is 47.7. The Balaban J connectivity index is 2.01. The first-order valence-corrected chi connectivity index (χ1v) is 5.22. The van der Waals surface area contributed by atoms with Crippen molar-refractivity contribution < 1.29 is 9.90 Å². The second-order valence-electron chi connectivity index (χ2n) is 4.70. The number of rotatable bonds is 0. The molecule has 0 aromatic rings. The van der Waals surface area contributed by atoms with Gasteiger partial charge in [0.2, 0.25) is 0 Å². The van der Waals surface area contributed by atoms with Crippen molar-refractivity contribution in [3.8, 4) is 0 Å². The number of hydrogen-bond acceptors (Lipinski definition) is 2. The van der Waals surface area contributed by atoms with E-state index in [4.69, 9.17) is 0 Å². The fourth-order valence-corrected chi connectivity index (χ4v) is 3.62. The monoisotopic (exact) mass is 178 g/mol. The molecular weight excluding hydrogens is 164 g/mol. The van der Waals surface area contributed by atoms with Gasteiger partial charge < -0.3 is 5.11 Å². The van der Waals surface area contributed by atoms with Gasteiger partial charge in [-0.25, -0.2) is 0 Å². The molecule has 0 amide bonds. The minimum Gasteiger partial charge on any atom is -0.512 e. The topological polar surface area (TPSA) is 37.3 Å². The smallest absolute Gasteiger partial charge is 0.163 e. The highest BCUT2D eigenvalue weighted by atomic mass is 16.3. The lowest BCUT2D eigenvalue weighted by Gasteiger charge is -2.44. The van der Waals surface area contributed by atoms with Crippen LogP contribution in [-0.2, 0) is 4.79 Å². The number of hydrogen-bond donors (Lipinski definition) is 1. The number of aliphatic hydroxyl groups is 1. The highest BCUT2D eigenvalue weighted by Gasteiger charge is 2.51. The average molecular weight is 178 g/mol. The summed E-state index contributed by atoms with van der Waals surface area (Å²) in [4.78, 5) is 11.6. The molecule has 4 rings (SSSR count). The molecule has 13 heavy (non-hydrogen) atoms. The quantitative estimate of drug-likeness (QED) is 0.616. The van der Waals surface area contributed by atoms with E-state index in [0.29, 0.717) is 17.6 Å². The van der Waals surface area contributed by atoms with Crippen molar-refractivity contribution in [1.82, 2.24) is 0 Å². The van der Waals surface area contributed by atoms with E-state index in [0.717, 1.165) is 0 Å². The molecule has 2 atom stereocenters. The van der Waals surface area contributed by atoms with Crippen LogP contribution in [0.15, 0.2) is 11.8 Å². The van der Waals surface area contributed by atoms with E-state index >= 15 is 0 Å². The highest BCUT2D eigenvalue weighted by molar-refractivity contribution is 5.95. The largest absolute Gasteiger partial charge is 0.512 e. The average Bonchev–Trinajstić information content (AvgIpc) is 2.47. The van der Waals surface area contributed by atoms with Crippen LogP contribution in [0.25, 0.3) is 0 Å². The maximum absolute atomic E-state index is 11.6. The van der Waals surface area contributed by atoms with Gasteiger partial charge in [-0.05, 0) is 37.5 Å².